The van der Waals surface area contributed by atoms with Crippen LogP contribution in [0.1, 0.15) is 129 Å². The highest BCUT2D eigenvalue weighted by atomic mass is 16.5. The predicted molar refractivity (Wildman–Crippen MR) is 131 cm³/mol. The second-order valence-corrected chi connectivity index (χ2v) is 8.68. The van der Waals surface area contributed by atoms with Crippen molar-refractivity contribution in [2.24, 2.45) is 0 Å². The third-order valence-corrected chi connectivity index (χ3v) is 5.57. The monoisotopic (exact) mass is 424 g/mol. The topological polar surface area (TPSA) is 49.7 Å². The van der Waals surface area contributed by atoms with Crippen LogP contribution in [0.2, 0.25) is 0 Å². The average Bonchev–Trinajstić information content (AvgIpc) is 2.76. The number of ether oxygens (including phenoxy) is 1. The highest BCUT2D eigenvalue weighted by Gasteiger charge is 1.98. The molecule has 0 spiro atoms. The van der Waals surface area contributed by atoms with E-state index in [1.54, 1.807) is 6.26 Å². The summed E-state index contributed by atoms with van der Waals surface area (Å²) in [5.41, 5.74) is 0. The van der Waals surface area contributed by atoms with Crippen LogP contribution in [0.4, 0.5) is 0 Å². The summed E-state index contributed by atoms with van der Waals surface area (Å²) in [6, 6.07) is 0. The summed E-state index contributed by atoms with van der Waals surface area (Å²) in [6.07, 6.45) is 33.2. The van der Waals surface area contributed by atoms with Crippen molar-refractivity contribution in [2.45, 2.75) is 135 Å². The fourth-order valence-corrected chi connectivity index (χ4v) is 3.58. The van der Waals surface area contributed by atoms with Gasteiger partial charge in [0.25, 0.3) is 0 Å². The van der Waals surface area contributed by atoms with Gasteiger partial charge in [-0.25, -0.2) is 0 Å². The number of unbranched alkanes of at least 4 members (excludes halogenated alkanes) is 17. The first-order chi connectivity index (χ1) is 14.8. The molecule has 0 heterocycles. The van der Waals surface area contributed by atoms with E-state index in [0.29, 0.717) is 0 Å². The lowest BCUT2D eigenvalue weighted by atomic mass is 10.0. The Morgan fingerprint density at radius 3 is 1.53 bits per heavy atom. The Balaban J connectivity index is 3.14. The summed E-state index contributed by atoms with van der Waals surface area (Å²) in [7, 11) is 0. The number of rotatable bonds is 24. The minimum Gasteiger partial charge on any atom is -0.499 e. The molecule has 3 heteroatoms. The fourth-order valence-electron chi connectivity index (χ4n) is 3.58. The lowest BCUT2D eigenvalue weighted by Crippen LogP contribution is -2.17. The van der Waals surface area contributed by atoms with Gasteiger partial charge >= 0.3 is 0 Å². The summed E-state index contributed by atoms with van der Waals surface area (Å²) in [5, 5.41) is 17.8. The van der Waals surface area contributed by atoms with E-state index in [2.05, 4.69) is 19.1 Å². The Labute approximate surface area is 188 Å². The summed E-state index contributed by atoms with van der Waals surface area (Å²) in [4.78, 5) is 0. The number of hydrogen-bond donors (Lipinski definition) is 2. The van der Waals surface area contributed by atoms with Gasteiger partial charge in [-0.2, -0.15) is 0 Å². The Bertz CT molecular complexity index is 365. The minimum absolute atomic E-state index is 0.159. The van der Waals surface area contributed by atoms with Gasteiger partial charge in [-0.3, -0.25) is 0 Å². The van der Waals surface area contributed by atoms with E-state index in [-0.39, 0.29) is 13.2 Å². The quantitative estimate of drug-likeness (QED) is 0.0941. The molecule has 0 aromatic rings. The van der Waals surface area contributed by atoms with E-state index < -0.39 is 6.10 Å². The smallest absolute Gasteiger partial charge is 0.115 e. The van der Waals surface area contributed by atoms with Gasteiger partial charge in [0.1, 0.15) is 12.7 Å². The van der Waals surface area contributed by atoms with E-state index in [1.807, 2.05) is 6.08 Å². The Morgan fingerprint density at radius 2 is 1.03 bits per heavy atom. The van der Waals surface area contributed by atoms with Gasteiger partial charge in [-0.05, 0) is 38.2 Å². The molecular weight excluding hydrogens is 372 g/mol. The second kappa shape index (κ2) is 26.2. The average molecular weight is 425 g/mol. The molecule has 0 bridgehead atoms. The van der Waals surface area contributed by atoms with Gasteiger partial charge in [-0.15, -0.1) is 0 Å². The van der Waals surface area contributed by atoms with E-state index in [9.17, 15) is 0 Å². The van der Waals surface area contributed by atoms with Crippen molar-refractivity contribution in [3.05, 3.63) is 24.5 Å². The van der Waals surface area contributed by atoms with Crippen LogP contribution in [-0.4, -0.2) is 29.5 Å². The third kappa shape index (κ3) is 25.2. The van der Waals surface area contributed by atoms with Gasteiger partial charge in [-0.1, -0.05) is 109 Å². The maximum absolute atomic E-state index is 9.12. The normalized spacial score (nSPS) is 12.9. The van der Waals surface area contributed by atoms with E-state index in [1.165, 1.54) is 103 Å². The van der Waals surface area contributed by atoms with Crippen molar-refractivity contribution in [2.75, 3.05) is 13.2 Å². The highest BCUT2D eigenvalue weighted by Crippen LogP contribution is 2.13. The van der Waals surface area contributed by atoms with Crippen LogP contribution in [0.5, 0.6) is 0 Å². The molecule has 0 rings (SSSR count). The molecule has 0 aromatic heterocycles. The van der Waals surface area contributed by atoms with Crippen molar-refractivity contribution < 1.29 is 14.9 Å². The Kier molecular flexibility index (Phi) is 25.5. The van der Waals surface area contributed by atoms with Crippen LogP contribution in [0, 0.1) is 0 Å². The molecule has 30 heavy (non-hydrogen) atoms. The van der Waals surface area contributed by atoms with E-state index >= 15 is 0 Å². The first kappa shape index (κ1) is 29.2. The molecular formula is C27H52O3. The molecule has 0 aliphatic heterocycles. The molecule has 0 amide bonds. The standard InChI is InChI=1S/C27H52O3/c1-2-3-4-5-6-7-8-9-10-11-12-13-14-15-16-17-18-19-20-21-22-23-24-30-26-27(29)25-28/h18-19,23-24,27-29H,2-17,20-22,25-26H2,1H3/b19-18-,24-23-. The highest BCUT2D eigenvalue weighted by molar-refractivity contribution is 4.83. The summed E-state index contributed by atoms with van der Waals surface area (Å²) < 4.78 is 5.12. The molecule has 0 saturated carbocycles. The first-order valence-corrected chi connectivity index (χ1v) is 13.0. The van der Waals surface area contributed by atoms with Crippen LogP contribution in [0.25, 0.3) is 0 Å². The molecule has 3 nitrogen and oxygen atoms in total. The van der Waals surface area contributed by atoms with Crippen LogP contribution in [-0.2, 0) is 4.74 Å². The molecule has 0 aliphatic carbocycles. The van der Waals surface area contributed by atoms with Gasteiger partial charge in [0, 0.05) is 0 Å². The molecule has 0 aliphatic rings. The van der Waals surface area contributed by atoms with Crippen molar-refractivity contribution >= 4 is 0 Å². The Morgan fingerprint density at radius 1 is 0.600 bits per heavy atom. The Hall–Kier alpha value is -0.800. The van der Waals surface area contributed by atoms with Crippen LogP contribution < -0.4 is 0 Å². The zero-order valence-corrected chi connectivity index (χ0v) is 20.0. The number of aliphatic hydroxyl groups excluding tert-OH is 2. The molecule has 0 fully saturated rings. The molecule has 0 radical (unpaired) electrons. The van der Waals surface area contributed by atoms with Gasteiger partial charge in [0.2, 0.25) is 0 Å². The molecule has 0 saturated heterocycles. The van der Waals surface area contributed by atoms with Gasteiger partial charge in [0.05, 0.1) is 12.9 Å². The summed E-state index contributed by atoms with van der Waals surface area (Å²) in [6.45, 7) is 2.19. The minimum atomic E-state index is -0.780. The summed E-state index contributed by atoms with van der Waals surface area (Å²) in [5.74, 6) is 0. The maximum Gasteiger partial charge on any atom is 0.115 e. The summed E-state index contributed by atoms with van der Waals surface area (Å²) >= 11 is 0. The van der Waals surface area contributed by atoms with E-state index in [0.717, 1.165) is 19.3 Å². The largest absolute Gasteiger partial charge is 0.499 e. The molecule has 1 unspecified atom stereocenters. The number of hydrogen-bond acceptors (Lipinski definition) is 3. The lowest BCUT2D eigenvalue weighted by Gasteiger charge is -2.05. The number of aliphatic hydroxyl groups is 2. The maximum atomic E-state index is 9.12. The van der Waals surface area contributed by atoms with Gasteiger partial charge < -0.3 is 14.9 Å². The molecule has 178 valence electrons. The second-order valence-electron chi connectivity index (χ2n) is 8.68. The first-order valence-electron chi connectivity index (χ1n) is 13.0. The van der Waals surface area contributed by atoms with Crippen molar-refractivity contribution in [1.29, 1.82) is 0 Å². The van der Waals surface area contributed by atoms with Crippen LogP contribution >= 0.6 is 0 Å². The van der Waals surface area contributed by atoms with Crippen LogP contribution in [0.15, 0.2) is 24.5 Å². The van der Waals surface area contributed by atoms with Crippen molar-refractivity contribution in [1.82, 2.24) is 0 Å². The molecule has 0 aromatic carbocycles. The zero-order chi connectivity index (χ0) is 22.0. The van der Waals surface area contributed by atoms with Gasteiger partial charge in [0.15, 0.2) is 0 Å². The lowest BCUT2D eigenvalue weighted by molar-refractivity contribution is 0.0383. The van der Waals surface area contributed by atoms with Crippen molar-refractivity contribution in [3.63, 3.8) is 0 Å². The SMILES string of the molecule is CCCCCCCCCCCCCCCCC/C=C\CCC/C=C\OCC(O)CO. The predicted octanol–water partition coefficient (Wildman–Crippen LogP) is 7.86. The number of allylic oxidation sites excluding steroid dienone is 3. The third-order valence-electron chi connectivity index (χ3n) is 5.57. The molecule has 1 atom stereocenters. The fraction of sp³-hybridized carbons (Fsp3) is 0.852. The van der Waals surface area contributed by atoms with Crippen molar-refractivity contribution in [3.8, 4) is 0 Å². The van der Waals surface area contributed by atoms with E-state index in [4.69, 9.17) is 14.9 Å². The van der Waals surface area contributed by atoms with Crippen LogP contribution in [0.3, 0.4) is 0 Å². The molecule has 2 N–H and O–H groups in total. The zero-order valence-electron chi connectivity index (χ0n) is 20.0.